The molecule has 1 aliphatic heterocycles. The number of ether oxygens (including phenoxy) is 1. The van der Waals surface area contributed by atoms with E-state index in [1.807, 2.05) is 10.2 Å². The summed E-state index contributed by atoms with van der Waals surface area (Å²) in [6.45, 7) is 5.35. The summed E-state index contributed by atoms with van der Waals surface area (Å²) >= 11 is 0. The molecule has 1 aromatic rings. The van der Waals surface area contributed by atoms with Crippen molar-refractivity contribution in [3.63, 3.8) is 0 Å². The fourth-order valence-electron chi connectivity index (χ4n) is 3.59. The van der Waals surface area contributed by atoms with Crippen LogP contribution in [0.15, 0.2) is 35.2 Å². The van der Waals surface area contributed by atoms with E-state index in [1.54, 1.807) is 36.4 Å². The Morgan fingerprint density at radius 3 is 2.32 bits per heavy atom. The lowest BCUT2D eigenvalue weighted by molar-refractivity contribution is -0.139. The van der Waals surface area contributed by atoms with Crippen molar-refractivity contribution >= 4 is 21.8 Å². The number of amides is 2. The van der Waals surface area contributed by atoms with Crippen LogP contribution in [0.5, 0.6) is 0 Å². The van der Waals surface area contributed by atoms with Gasteiger partial charge < -0.3 is 20.1 Å². The first-order valence-electron chi connectivity index (χ1n) is 10.1. The summed E-state index contributed by atoms with van der Waals surface area (Å²) in [5.41, 5.74) is -0.980. The quantitative estimate of drug-likeness (QED) is 0.715. The van der Waals surface area contributed by atoms with Gasteiger partial charge in [0.25, 0.3) is 0 Å². The largest absolute Gasteiger partial charge is 0.465 e. The first-order valence-corrected chi connectivity index (χ1v) is 11.7. The SMILES string of the molecule is CC(C)(C#N)NC(=O)O.O=C([C@@H]1CC[C@@H](S(=O)(=O)c2ccccc2)C1)N1CCOCC1. The van der Waals surface area contributed by atoms with Crippen LogP contribution in [0.1, 0.15) is 33.1 Å². The molecule has 170 valence electrons. The molecule has 1 saturated carbocycles. The molecule has 0 spiro atoms. The zero-order valence-electron chi connectivity index (χ0n) is 17.8. The zero-order chi connectivity index (χ0) is 23.1. The van der Waals surface area contributed by atoms with Gasteiger partial charge in [0.15, 0.2) is 9.84 Å². The van der Waals surface area contributed by atoms with E-state index in [0.29, 0.717) is 50.5 Å². The molecular weight excluding hydrogens is 422 g/mol. The maximum Gasteiger partial charge on any atom is 0.405 e. The van der Waals surface area contributed by atoms with Crippen molar-refractivity contribution in [1.82, 2.24) is 10.2 Å². The third kappa shape index (κ3) is 6.94. The number of morpholine rings is 1. The van der Waals surface area contributed by atoms with Crippen LogP contribution in [-0.4, -0.2) is 67.5 Å². The molecule has 2 N–H and O–H groups in total. The second kappa shape index (κ2) is 10.6. The lowest BCUT2D eigenvalue weighted by atomic mass is 10.1. The lowest BCUT2D eigenvalue weighted by Gasteiger charge is -2.29. The topological polar surface area (TPSA) is 137 Å². The maximum absolute atomic E-state index is 12.6. The number of nitrogens with one attached hydrogen (secondary N) is 1. The lowest BCUT2D eigenvalue weighted by Crippen LogP contribution is -2.43. The van der Waals surface area contributed by atoms with Gasteiger partial charge in [-0.15, -0.1) is 0 Å². The number of rotatable bonds is 4. The van der Waals surface area contributed by atoms with E-state index in [0.717, 1.165) is 0 Å². The minimum atomic E-state index is -3.33. The molecule has 0 bridgehead atoms. The first-order chi connectivity index (χ1) is 14.6. The predicted octanol–water partition coefficient (Wildman–Crippen LogP) is 2.04. The number of benzene rings is 1. The van der Waals surface area contributed by atoms with E-state index < -0.39 is 26.7 Å². The summed E-state index contributed by atoms with van der Waals surface area (Å²) in [6.07, 6.45) is 0.486. The molecule has 9 nitrogen and oxygen atoms in total. The van der Waals surface area contributed by atoms with Gasteiger partial charge in [0.2, 0.25) is 5.91 Å². The molecular formula is C21H29N3O6S. The Morgan fingerprint density at radius 2 is 1.81 bits per heavy atom. The molecule has 2 atom stereocenters. The van der Waals surface area contributed by atoms with Crippen LogP contribution in [0.25, 0.3) is 0 Å². The Kier molecular flexibility index (Phi) is 8.42. The standard InChI is InChI=1S/C16H21NO4S.C5H8N2O2/c18-16(17-8-10-21-11-9-17)13-6-7-15(12-13)22(19,20)14-4-2-1-3-5-14;1-5(2,3-6)7-4(8)9/h1-5,13,15H,6-12H2;7H,1-2H3,(H,8,9)/t13-,15-;/m1./s1. The number of sulfone groups is 1. The van der Waals surface area contributed by atoms with Gasteiger partial charge in [-0.05, 0) is 45.2 Å². The highest BCUT2D eigenvalue weighted by molar-refractivity contribution is 7.92. The van der Waals surface area contributed by atoms with Crippen LogP contribution < -0.4 is 5.32 Å². The molecule has 1 aromatic carbocycles. The molecule has 1 saturated heterocycles. The molecule has 31 heavy (non-hydrogen) atoms. The van der Waals surface area contributed by atoms with Crippen molar-refractivity contribution in [1.29, 1.82) is 5.26 Å². The molecule has 2 amide bonds. The first kappa shape index (κ1) is 24.6. The molecule has 10 heteroatoms. The number of carbonyl (C=O) groups is 2. The normalized spacial score (nSPS) is 21.4. The molecule has 1 aliphatic carbocycles. The van der Waals surface area contributed by atoms with Crippen molar-refractivity contribution in [2.75, 3.05) is 26.3 Å². The summed E-state index contributed by atoms with van der Waals surface area (Å²) < 4.78 is 30.5. The summed E-state index contributed by atoms with van der Waals surface area (Å²) in [7, 11) is -3.33. The van der Waals surface area contributed by atoms with Gasteiger partial charge in [0, 0.05) is 19.0 Å². The second-order valence-corrected chi connectivity index (χ2v) is 10.3. The van der Waals surface area contributed by atoms with Gasteiger partial charge in [-0.1, -0.05) is 18.2 Å². The van der Waals surface area contributed by atoms with Gasteiger partial charge >= 0.3 is 6.09 Å². The highest BCUT2D eigenvalue weighted by Gasteiger charge is 2.39. The highest BCUT2D eigenvalue weighted by Crippen LogP contribution is 2.34. The number of carbonyl (C=O) groups excluding carboxylic acids is 1. The smallest absolute Gasteiger partial charge is 0.405 e. The number of hydrogen-bond donors (Lipinski definition) is 2. The molecule has 2 fully saturated rings. The number of hydrogen-bond acceptors (Lipinski definition) is 6. The second-order valence-electron chi connectivity index (χ2n) is 8.09. The zero-order valence-corrected chi connectivity index (χ0v) is 18.6. The Morgan fingerprint density at radius 1 is 1.19 bits per heavy atom. The minimum absolute atomic E-state index is 0.0917. The van der Waals surface area contributed by atoms with Crippen molar-refractivity contribution in [3.8, 4) is 6.07 Å². The van der Waals surface area contributed by atoms with Gasteiger partial charge in [-0.25, -0.2) is 13.2 Å². The number of nitriles is 1. The summed E-state index contributed by atoms with van der Waals surface area (Å²) in [6, 6.07) is 10.3. The van der Waals surface area contributed by atoms with Crippen molar-refractivity contribution in [2.45, 2.75) is 48.8 Å². The highest BCUT2D eigenvalue weighted by atomic mass is 32.2. The van der Waals surface area contributed by atoms with Crippen molar-refractivity contribution in [2.24, 2.45) is 5.92 Å². The van der Waals surface area contributed by atoms with Crippen molar-refractivity contribution < 1.29 is 27.9 Å². The van der Waals surface area contributed by atoms with E-state index in [4.69, 9.17) is 15.1 Å². The molecule has 3 rings (SSSR count). The predicted molar refractivity (Wildman–Crippen MR) is 113 cm³/mol. The monoisotopic (exact) mass is 451 g/mol. The fraction of sp³-hybridized carbons (Fsp3) is 0.571. The van der Waals surface area contributed by atoms with Crippen LogP contribution in [0, 0.1) is 17.2 Å². The van der Waals surface area contributed by atoms with E-state index in [1.165, 1.54) is 13.8 Å². The molecule has 0 radical (unpaired) electrons. The van der Waals surface area contributed by atoms with Crippen LogP contribution in [-0.2, 0) is 19.4 Å². The molecule has 2 aliphatic rings. The fourth-order valence-corrected chi connectivity index (χ4v) is 5.44. The third-order valence-corrected chi connectivity index (χ3v) is 7.50. The van der Waals surface area contributed by atoms with E-state index in [2.05, 4.69) is 0 Å². The van der Waals surface area contributed by atoms with Crippen LogP contribution in [0.3, 0.4) is 0 Å². The summed E-state index contributed by atoms with van der Waals surface area (Å²) in [4.78, 5) is 24.6. The number of nitrogens with zero attached hydrogens (tertiary/aromatic N) is 2. The number of carboxylic acid groups (broad SMARTS) is 1. The summed E-state index contributed by atoms with van der Waals surface area (Å²) in [5.74, 6) is -0.0735. The molecule has 1 heterocycles. The van der Waals surface area contributed by atoms with Gasteiger partial charge in [0.1, 0.15) is 5.54 Å². The maximum atomic E-state index is 12.6. The van der Waals surface area contributed by atoms with Gasteiger partial charge in [-0.3, -0.25) is 4.79 Å². The third-order valence-electron chi connectivity index (χ3n) is 5.27. The van der Waals surface area contributed by atoms with Crippen LogP contribution >= 0.6 is 0 Å². The van der Waals surface area contributed by atoms with E-state index in [9.17, 15) is 18.0 Å². The van der Waals surface area contributed by atoms with E-state index in [-0.39, 0.29) is 11.8 Å². The van der Waals surface area contributed by atoms with Gasteiger partial charge in [0.05, 0.1) is 29.4 Å². The van der Waals surface area contributed by atoms with Crippen LogP contribution in [0.2, 0.25) is 0 Å². The van der Waals surface area contributed by atoms with Gasteiger partial charge in [-0.2, -0.15) is 5.26 Å². The average Bonchev–Trinajstić information content (AvgIpc) is 3.25. The Hall–Kier alpha value is -2.64. The van der Waals surface area contributed by atoms with Crippen molar-refractivity contribution in [3.05, 3.63) is 30.3 Å². The van der Waals surface area contributed by atoms with E-state index >= 15 is 0 Å². The molecule has 0 unspecified atom stereocenters. The van der Waals surface area contributed by atoms with Crippen LogP contribution in [0.4, 0.5) is 4.79 Å². The molecule has 0 aromatic heterocycles. The minimum Gasteiger partial charge on any atom is -0.465 e. The average molecular weight is 452 g/mol. The Bertz CT molecular complexity index is 905. The Labute approximate surface area is 182 Å². The summed E-state index contributed by atoms with van der Waals surface area (Å²) in [5, 5.41) is 18.0. The Balaban J connectivity index is 0.000000323.